The van der Waals surface area contributed by atoms with Gasteiger partial charge in [0.2, 0.25) is 0 Å². The van der Waals surface area contributed by atoms with Crippen molar-refractivity contribution < 1.29 is 0 Å². The van der Waals surface area contributed by atoms with E-state index < -0.39 is 10.8 Å². The molecule has 20 rings (SSSR count). The normalized spacial score (nSPS) is 13.7. The maximum absolute atomic E-state index is 2.52. The predicted molar refractivity (Wildman–Crippen MR) is 453 cm³/mol. The van der Waals surface area contributed by atoms with Crippen LogP contribution in [0.4, 0.5) is 34.1 Å². The van der Waals surface area contributed by atoms with Gasteiger partial charge in [-0.2, -0.15) is 0 Å². The van der Waals surface area contributed by atoms with E-state index in [2.05, 4.69) is 447 Å². The van der Waals surface area contributed by atoms with Crippen LogP contribution in [0.1, 0.15) is 44.5 Å². The van der Waals surface area contributed by atoms with Gasteiger partial charge in [-0.3, -0.25) is 0 Å². The van der Waals surface area contributed by atoms with Gasteiger partial charge in [-0.15, -0.1) is 0 Å². The fraction of sp³-hybridized carbons (Fsp3) is 0.0189. The number of rotatable bonds is 15. The summed E-state index contributed by atoms with van der Waals surface area (Å²) in [4.78, 5) is 4.99. The Morgan fingerprint density at radius 3 is 1.05 bits per heavy atom. The first-order chi connectivity index (χ1) is 53.6. The summed E-state index contributed by atoms with van der Waals surface area (Å²) in [6, 6.07) is 162. The van der Waals surface area contributed by atoms with E-state index in [1.54, 1.807) is 0 Å². The summed E-state index contributed by atoms with van der Waals surface area (Å²) in [5.74, 6) is 0. The molecule has 0 heterocycles. The highest BCUT2D eigenvalue weighted by atomic mass is 15.2. The van der Waals surface area contributed by atoms with Crippen molar-refractivity contribution in [3.63, 3.8) is 0 Å². The zero-order chi connectivity index (χ0) is 71.5. The summed E-state index contributed by atoms with van der Waals surface area (Å²) in [5.41, 5.74) is 31.5. The molecule has 0 aliphatic heterocycles. The van der Waals surface area contributed by atoms with E-state index in [1.807, 2.05) is 0 Å². The van der Waals surface area contributed by atoms with Gasteiger partial charge in [-0.1, -0.05) is 364 Å². The zero-order valence-electron chi connectivity index (χ0n) is 59.5. The van der Waals surface area contributed by atoms with Gasteiger partial charge < -0.3 is 9.80 Å². The maximum atomic E-state index is 2.52. The highest BCUT2D eigenvalue weighted by molar-refractivity contribution is 6.02. The molecule has 2 nitrogen and oxygen atoms in total. The zero-order valence-corrected chi connectivity index (χ0v) is 59.5. The summed E-state index contributed by atoms with van der Waals surface area (Å²) >= 11 is 0. The van der Waals surface area contributed by atoms with E-state index in [0.29, 0.717) is 0 Å². The van der Waals surface area contributed by atoms with Gasteiger partial charge >= 0.3 is 0 Å². The number of fused-ring (bicyclic) bond motifs is 8. The van der Waals surface area contributed by atoms with Crippen LogP contribution in [0.25, 0.3) is 99.4 Å². The van der Waals surface area contributed by atoms with Crippen molar-refractivity contribution in [3.8, 4) is 77.9 Å². The lowest BCUT2D eigenvalue weighted by molar-refractivity contribution is 0.768. The molecule has 0 bridgehead atoms. The first kappa shape index (κ1) is 63.7. The summed E-state index contributed by atoms with van der Waals surface area (Å²) in [6.45, 7) is 0. The molecule has 0 N–H and O–H groups in total. The molecule has 0 fully saturated rings. The van der Waals surface area contributed by atoms with Crippen molar-refractivity contribution in [1.82, 2.24) is 0 Å². The standard InChI is InChI=1S/C106H72N2/c1-6-33-85(34-7-1)105(86-35-8-2-9-36-86)97-48-22-20-45-95(97)104-99(105)50-27-53-102(104)108(90-41-14-5-15-42-90)92-71-83(76-58-61-79(62-59-76)94-47-25-31-78-29-18-19-44-93(78)94)69-84(72-92)77-64-66-88(67-65-77)106(87-37-10-3-11-38-87)98-49-23-21-46-96(98)103-100(106)51-26-52-101(103)107(89-39-12-4-13-40-89)91-43-24-32-81(70-91)74-54-56-75(57-55-74)82-63-60-73-28-16-17-30-80(73)68-82/h1-72H. The Hall–Kier alpha value is -13.9. The Morgan fingerprint density at radius 1 is 0.167 bits per heavy atom. The molecule has 18 aromatic rings. The van der Waals surface area contributed by atoms with Crippen LogP contribution >= 0.6 is 0 Å². The molecule has 0 saturated carbocycles. The number of anilines is 6. The fourth-order valence-corrected chi connectivity index (χ4v) is 18.0. The van der Waals surface area contributed by atoms with Crippen molar-refractivity contribution in [2.75, 3.05) is 9.80 Å². The summed E-state index contributed by atoms with van der Waals surface area (Å²) in [5, 5.41) is 4.96. The van der Waals surface area contributed by atoms with Crippen LogP contribution < -0.4 is 9.80 Å². The van der Waals surface area contributed by atoms with Gasteiger partial charge in [0.1, 0.15) is 0 Å². The Kier molecular flexibility index (Phi) is 15.7. The third kappa shape index (κ3) is 10.5. The first-order valence-electron chi connectivity index (χ1n) is 37.4. The molecular weight excluding hydrogens is 1300 g/mol. The van der Waals surface area contributed by atoms with Crippen molar-refractivity contribution in [2.24, 2.45) is 0 Å². The summed E-state index contributed by atoms with van der Waals surface area (Å²) in [7, 11) is 0. The molecule has 1 unspecified atom stereocenters. The second-order valence-corrected chi connectivity index (χ2v) is 28.6. The topological polar surface area (TPSA) is 6.48 Å². The molecule has 2 aliphatic rings. The van der Waals surface area contributed by atoms with Gasteiger partial charge in [0, 0.05) is 33.9 Å². The molecule has 0 saturated heterocycles. The van der Waals surface area contributed by atoms with E-state index in [4.69, 9.17) is 0 Å². The average molecular weight is 1370 g/mol. The van der Waals surface area contributed by atoms with Gasteiger partial charge in [0.05, 0.1) is 22.2 Å². The van der Waals surface area contributed by atoms with Crippen LogP contribution in [0, 0.1) is 0 Å². The van der Waals surface area contributed by atoms with Crippen molar-refractivity contribution in [1.29, 1.82) is 0 Å². The van der Waals surface area contributed by atoms with E-state index in [0.717, 1.165) is 67.5 Å². The Bertz CT molecular complexity index is 6350. The molecule has 0 radical (unpaired) electrons. The van der Waals surface area contributed by atoms with Gasteiger partial charge in [-0.25, -0.2) is 0 Å². The third-order valence-corrected chi connectivity index (χ3v) is 22.8. The number of hydrogen-bond donors (Lipinski definition) is 0. The predicted octanol–water partition coefficient (Wildman–Crippen LogP) is 28.0. The largest absolute Gasteiger partial charge is 0.310 e. The minimum atomic E-state index is -0.708. The quantitative estimate of drug-likeness (QED) is 0.101. The smallest absolute Gasteiger partial charge is 0.0714 e. The van der Waals surface area contributed by atoms with Crippen molar-refractivity contribution in [2.45, 2.75) is 10.8 Å². The van der Waals surface area contributed by atoms with Crippen molar-refractivity contribution in [3.05, 3.63) is 481 Å². The first-order valence-corrected chi connectivity index (χ1v) is 37.4. The maximum Gasteiger partial charge on any atom is 0.0714 e. The van der Waals surface area contributed by atoms with Gasteiger partial charge in [0.15, 0.2) is 0 Å². The van der Waals surface area contributed by atoms with E-state index in [9.17, 15) is 0 Å². The minimum absolute atomic E-state index is 0.589. The van der Waals surface area contributed by atoms with E-state index in [1.165, 1.54) is 111 Å². The number of benzene rings is 18. The molecule has 506 valence electrons. The monoisotopic (exact) mass is 1370 g/mol. The number of nitrogens with zero attached hydrogens (tertiary/aromatic N) is 2. The Morgan fingerprint density at radius 2 is 0.509 bits per heavy atom. The van der Waals surface area contributed by atoms with Crippen LogP contribution in [-0.4, -0.2) is 0 Å². The molecule has 0 amide bonds. The second kappa shape index (κ2) is 26.7. The lowest BCUT2D eigenvalue weighted by Crippen LogP contribution is -2.28. The summed E-state index contributed by atoms with van der Waals surface area (Å²) < 4.78 is 0. The Labute approximate surface area is 631 Å². The van der Waals surface area contributed by atoms with Crippen LogP contribution in [-0.2, 0) is 10.8 Å². The molecular formula is C106H72N2. The second-order valence-electron chi connectivity index (χ2n) is 28.6. The lowest BCUT2D eigenvalue weighted by atomic mass is 9.67. The minimum Gasteiger partial charge on any atom is -0.310 e. The average Bonchev–Trinajstić information content (AvgIpc) is 1.53. The highest BCUT2D eigenvalue weighted by Crippen LogP contribution is 2.62. The van der Waals surface area contributed by atoms with E-state index >= 15 is 0 Å². The molecule has 2 aliphatic carbocycles. The van der Waals surface area contributed by atoms with E-state index in [-0.39, 0.29) is 0 Å². The fourth-order valence-electron chi connectivity index (χ4n) is 18.0. The van der Waals surface area contributed by atoms with Crippen LogP contribution in [0.2, 0.25) is 0 Å². The van der Waals surface area contributed by atoms with Crippen molar-refractivity contribution >= 4 is 55.7 Å². The van der Waals surface area contributed by atoms with Crippen LogP contribution in [0.15, 0.2) is 437 Å². The van der Waals surface area contributed by atoms with Gasteiger partial charge in [-0.05, 0) is 206 Å². The molecule has 2 heteroatoms. The lowest BCUT2D eigenvalue weighted by Gasteiger charge is -2.35. The van der Waals surface area contributed by atoms with Crippen LogP contribution in [0.5, 0.6) is 0 Å². The SMILES string of the molecule is c1ccc(N(c2cccc(-c3ccc(-c4ccc5ccccc5c4)cc3)c2)c2cccc3c2-c2ccccc2C3(c2ccccc2)c2ccc(-c3cc(-c4ccc(-c5cccc6ccccc56)cc4)cc(N(c4ccccc4)c4cccc5c4-c4ccccc4C5(c4ccccc4)c4ccccc4)c3)cc2)cc1. The molecule has 0 spiro atoms. The highest BCUT2D eigenvalue weighted by Gasteiger charge is 2.49. The summed E-state index contributed by atoms with van der Waals surface area (Å²) in [6.07, 6.45) is 0. The molecule has 108 heavy (non-hydrogen) atoms. The third-order valence-electron chi connectivity index (χ3n) is 22.8. The van der Waals surface area contributed by atoms with Gasteiger partial charge in [0.25, 0.3) is 0 Å². The number of hydrogen-bond acceptors (Lipinski definition) is 2. The Balaban J connectivity index is 0.749. The van der Waals surface area contributed by atoms with Crippen LogP contribution in [0.3, 0.4) is 0 Å². The molecule has 18 aromatic carbocycles. The molecule has 1 atom stereocenters. The molecule has 0 aromatic heterocycles. The number of para-hydroxylation sites is 2.